The van der Waals surface area contributed by atoms with Crippen LogP contribution in [0.1, 0.15) is 0 Å². The standard InChI is InChI=1S/C104H66/c1-9-27-69(28-10-1)93-95(71-31-13-3-14-32-71)99(75-39-21-7-22-40-75)103(87-65-61-81-57-55-77-43-25-45-79-59-63-85(87)91(81)89(77)79)101(97(93)73-35-17-5-18-36-73)83-51-47-67(48-52-83)68-49-53-84(54-50-68)102-98(74-37-19-6-20-38-74)94(70-29-11-2-12-30-70)96(72-33-15-4-16-34-72)100(76-41-23-8-24-42-76)104(102)88-66-62-82-58-56-78-44-26-46-80-60-64-86(88)92(82)90(78)80/h1-66H. The maximum Gasteiger partial charge on any atom is -0.000763 e. The predicted octanol–water partition coefficient (Wildman–Crippen LogP) is 29.2. The van der Waals surface area contributed by atoms with E-state index >= 15 is 0 Å². The lowest BCUT2D eigenvalue weighted by Gasteiger charge is -2.29. The predicted molar refractivity (Wildman–Crippen MR) is 445 cm³/mol. The SMILES string of the molecule is c1ccc(-c2c(-c3ccccc3)c(-c3ccccc3)c(-c3ccc4ccc5cccc6ccc3c4c56)c(-c3ccc(-c4ccc(-c5c(-c6ccccc6)c(-c6ccccc6)c(-c6ccccc6)c(-c6ccccc6)c5-c5ccc6ccc7cccc8ccc5c6c78)cc4)cc3)c2-c2ccccc2)cc1. The molecule has 0 aliphatic carbocycles. The summed E-state index contributed by atoms with van der Waals surface area (Å²) in [6.07, 6.45) is 0. The molecule has 0 nitrogen and oxygen atoms in total. The minimum absolute atomic E-state index is 1.13. The van der Waals surface area contributed by atoms with Crippen molar-refractivity contribution in [1.82, 2.24) is 0 Å². The van der Waals surface area contributed by atoms with Crippen LogP contribution in [-0.2, 0) is 0 Å². The second-order valence-corrected chi connectivity index (χ2v) is 27.5. The van der Waals surface area contributed by atoms with Crippen LogP contribution in [0, 0.1) is 0 Å². The normalized spacial score (nSPS) is 11.7. The Morgan fingerprint density at radius 2 is 0.269 bits per heavy atom. The van der Waals surface area contributed by atoms with Crippen molar-refractivity contribution >= 4 is 64.6 Å². The lowest BCUT2D eigenvalue weighted by atomic mass is 9.73. The van der Waals surface area contributed by atoms with E-state index in [1.54, 1.807) is 0 Å². The van der Waals surface area contributed by atoms with Crippen molar-refractivity contribution in [3.8, 4) is 145 Å². The van der Waals surface area contributed by atoms with E-state index in [-0.39, 0.29) is 0 Å². The summed E-state index contributed by atoms with van der Waals surface area (Å²) in [5, 5.41) is 15.1. The van der Waals surface area contributed by atoms with Crippen molar-refractivity contribution in [2.75, 3.05) is 0 Å². The molecule has 104 heavy (non-hydrogen) atoms. The summed E-state index contributed by atoms with van der Waals surface area (Å²) in [5.41, 5.74) is 30.4. The van der Waals surface area contributed by atoms with Gasteiger partial charge in [0, 0.05) is 0 Å². The molecule has 0 aliphatic heterocycles. The van der Waals surface area contributed by atoms with Gasteiger partial charge in [-0.3, -0.25) is 0 Å². The Morgan fingerprint density at radius 3 is 0.500 bits per heavy atom. The van der Waals surface area contributed by atoms with Crippen LogP contribution in [0.3, 0.4) is 0 Å². The molecule has 0 amide bonds. The van der Waals surface area contributed by atoms with Crippen molar-refractivity contribution in [2.24, 2.45) is 0 Å². The first-order valence-corrected chi connectivity index (χ1v) is 36.1. The summed E-state index contributed by atoms with van der Waals surface area (Å²) in [6, 6.07) is 150. The van der Waals surface area contributed by atoms with Crippen LogP contribution in [-0.4, -0.2) is 0 Å². The highest BCUT2D eigenvalue weighted by molar-refractivity contribution is 6.30. The Bertz CT molecular complexity index is 6150. The molecule has 20 aromatic rings. The molecule has 0 saturated heterocycles. The summed E-state index contributed by atoms with van der Waals surface area (Å²) in [6.45, 7) is 0. The molecule has 20 aromatic carbocycles. The number of benzene rings is 20. The molecule has 0 heteroatoms. The fourth-order valence-electron chi connectivity index (χ4n) is 17.3. The highest BCUT2D eigenvalue weighted by Crippen LogP contribution is 2.60. The molecule has 0 bridgehead atoms. The molecule has 0 N–H and O–H groups in total. The van der Waals surface area contributed by atoms with E-state index in [0.717, 1.165) is 66.8 Å². The van der Waals surface area contributed by atoms with Gasteiger partial charge in [-0.2, -0.15) is 0 Å². The monoisotopic (exact) mass is 1310 g/mol. The van der Waals surface area contributed by atoms with Gasteiger partial charge in [0.2, 0.25) is 0 Å². The molecule has 0 aromatic heterocycles. The summed E-state index contributed by atoms with van der Waals surface area (Å²) < 4.78 is 0. The molecule has 0 spiro atoms. The Kier molecular flexibility index (Phi) is 14.7. The third-order valence-corrected chi connectivity index (χ3v) is 21.8. The Balaban J connectivity index is 0.861. The van der Waals surface area contributed by atoms with E-state index in [9.17, 15) is 0 Å². The summed E-state index contributed by atoms with van der Waals surface area (Å²) in [7, 11) is 0. The molecular weight excluding hydrogens is 1250 g/mol. The lowest BCUT2D eigenvalue weighted by molar-refractivity contribution is 1.51. The zero-order valence-corrected chi connectivity index (χ0v) is 57.1. The molecule has 0 radical (unpaired) electrons. The van der Waals surface area contributed by atoms with Gasteiger partial charge >= 0.3 is 0 Å². The molecule has 482 valence electrons. The van der Waals surface area contributed by atoms with Gasteiger partial charge in [0.1, 0.15) is 0 Å². The fourth-order valence-corrected chi connectivity index (χ4v) is 17.3. The summed E-state index contributed by atoms with van der Waals surface area (Å²) in [5.74, 6) is 0. The van der Waals surface area contributed by atoms with E-state index < -0.39 is 0 Å². The molecule has 0 atom stereocenters. The first-order chi connectivity index (χ1) is 51.7. The molecule has 0 aliphatic rings. The van der Waals surface area contributed by atoms with E-state index in [4.69, 9.17) is 0 Å². The van der Waals surface area contributed by atoms with Crippen LogP contribution in [0.15, 0.2) is 400 Å². The first-order valence-electron chi connectivity index (χ1n) is 36.1. The van der Waals surface area contributed by atoms with Gasteiger partial charge in [-0.25, -0.2) is 0 Å². The number of rotatable bonds is 13. The number of hydrogen-bond donors (Lipinski definition) is 0. The largest absolute Gasteiger partial charge is 0.0622 e. The maximum atomic E-state index is 2.41. The minimum atomic E-state index is 1.13. The molecule has 20 rings (SSSR count). The summed E-state index contributed by atoms with van der Waals surface area (Å²) >= 11 is 0. The van der Waals surface area contributed by atoms with Crippen LogP contribution >= 0.6 is 0 Å². The van der Waals surface area contributed by atoms with Crippen molar-refractivity contribution in [3.63, 3.8) is 0 Å². The molecular formula is C104H66. The molecule has 0 unspecified atom stereocenters. The van der Waals surface area contributed by atoms with Crippen LogP contribution in [0.2, 0.25) is 0 Å². The van der Waals surface area contributed by atoms with Gasteiger partial charge in [-0.1, -0.05) is 400 Å². The fraction of sp³-hybridized carbons (Fsp3) is 0. The smallest absolute Gasteiger partial charge is 0.000763 e. The zero-order valence-electron chi connectivity index (χ0n) is 57.1. The van der Waals surface area contributed by atoms with Crippen molar-refractivity contribution in [2.45, 2.75) is 0 Å². The lowest BCUT2D eigenvalue weighted by Crippen LogP contribution is -2.02. The minimum Gasteiger partial charge on any atom is -0.0622 e. The van der Waals surface area contributed by atoms with Crippen molar-refractivity contribution < 1.29 is 0 Å². The highest BCUT2D eigenvalue weighted by atomic mass is 14.4. The van der Waals surface area contributed by atoms with Crippen molar-refractivity contribution in [1.29, 1.82) is 0 Å². The van der Waals surface area contributed by atoms with Crippen LogP contribution < -0.4 is 0 Å². The van der Waals surface area contributed by atoms with E-state index in [1.165, 1.54) is 143 Å². The second kappa shape index (κ2) is 25.3. The van der Waals surface area contributed by atoms with Crippen molar-refractivity contribution in [3.05, 3.63) is 400 Å². The first kappa shape index (κ1) is 60.4. The molecule has 0 heterocycles. The third kappa shape index (κ3) is 9.98. The van der Waals surface area contributed by atoms with E-state index in [0.29, 0.717) is 0 Å². The summed E-state index contributed by atoms with van der Waals surface area (Å²) in [4.78, 5) is 0. The van der Waals surface area contributed by atoms with E-state index in [2.05, 4.69) is 400 Å². The van der Waals surface area contributed by atoms with Gasteiger partial charge in [0.15, 0.2) is 0 Å². The van der Waals surface area contributed by atoms with Crippen LogP contribution in [0.25, 0.3) is 209 Å². The van der Waals surface area contributed by atoms with Gasteiger partial charge < -0.3 is 0 Å². The van der Waals surface area contributed by atoms with Gasteiger partial charge in [0.05, 0.1) is 0 Å². The van der Waals surface area contributed by atoms with E-state index in [1.807, 2.05) is 0 Å². The number of hydrogen-bond acceptors (Lipinski definition) is 0. The van der Waals surface area contributed by atoms with Gasteiger partial charge in [-0.05, 0) is 209 Å². The maximum absolute atomic E-state index is 2.41. The average Bonchev–Trinajstić information content (AvgIpc) is 0.697. The van der Waals surface area contributed by atoms with Crippen LogP contribution in [0.4, 0.5) is 0 Å². The highest BCUT2D eigenvalue weighted by Gasteiger charge is 2.33. The Hall–Kier alpha value is -13.5. The Labute approximate surface area is 605 Å². The average molecular weight is 1320 g/mol. The van der Waals surface area contributed by atoms with Gasteiger partial charge in [0.25, 0.3) is 0 Å². The third-order valence-electron chi connectivity index (χ3n) is 21.8. The van der Waals surface area contributed by atoms with Gasteiger partial charge in [-0.15, -0.1) is 0 Å². The Morgan fingerprint density at radius 1 is 0.0962 bits per heavy atom. The topological polar surface area (TPSA) is 0 Å². The molecule has 0 fully saturated rings. The molecule has 0 saturated carbocycles. The quantitative estimate of drug-likeness (QED) is 0.101. The second-order valence-electron chi connectivity index (χ2n) is 27.5. The zero-order chi connectivity index (χ0) is 68.6. The van der Waals surface area contributed by atoms with Crippen LogP contribution in [0.5, 0.6) is 0 Å².